The number of rotatable bonds is 17. The van der Waals surface area contributed by atoms with Crippen LogP contribution in [0.5, 0.6) is 5.75 Å². The highest BCUT2D eigenvalue weighted by Gasteiger charge is 2.06. The summed E-state index contributed by atoms with van der Waals surface area (Å²) in [5.41, 5.74) is 3.24. The minimum atomic E-state index is -0.654. The van der Waals surface area contributed by atoms with Crippen molar-refractivity contribution < 1.29 is 9.13 Å². The van der Waals surface area contributed by atoms with E-state index in [0.29, 0.717) is 12.8 Å². The molecule has 2 aromatic rings. The maximum absolute atomic E-state index is 13.8. The molecule has 0 aliphatic rings. The van der Waals surface area contributed by atoms with Crippen LogP contribution in [0.3, 0.4) is 0 Å². The number of hydrogen-bond donors (Lipinski definition) is 0. The lowest BCUT2D eigenvalue weighted by Gasteiger charge is -2.09. The topological polar surface area (TPSA) is 22.1 Å². The number of aromatic nitrogens is 1. The second kappa shape index (κ2) is 15.8. The number of halogens is 1. The van der Waals surface area contributed by atoms with E-state index in [-0.39, 0.29) is 0 Å². The average Bonchev–Trinajstić information content (AvgIpc) is 2.80. The number of pyridine rings is 1. The van der Waals surface area contributed by atoms with Gasteiger partial charge in [0.1, 0.15) is 11.9 Å². The highest BCUT2D eigenvalue weighted by molar-refractivity contribution is 5.60. The van der Waals surface area contributed by atoms with Gasteiger partial charge >= 0.3 is 0 Å². The summed E-state index contributed by atoms with van der Waals surface area (Å²) in [6, 6.07) is 12.4. The molecule has 3 heteroatoms. The Labute approximate surface area is 189 Å². The van der Waals surface area contributed by atoms with E-state index in [0.717, 1.165) is 55.7 Å². The van der Waals surface area contributed by atoms with Crippen LogP contribution < -0.4 is 4.74 Å². The summed E-state index contributed by atoms with van der Waals surface area (Å²) in [4.78, 5) is 4.61. The predicted molar refractivity (Wildman–Crippen MR) is 131 cm³/mol. The van der Waals surface area contributed by atoms with Gasteiger partial charge in [-0.05, 0) is 68.0 Å². The molecule has 0 bridgehead atoms. The molecule has 0 saturated carbocycles. The molecule has 0 saturated heterocycles. The van der Waals surface area contributed by atoms with E-state index in [1.165, 1.54) is 44.1 Å². The summed E-state index contributed by atoms with van der Waals surface area (Å²) in [5, 5.41) is 0. The summed E-state index contributed by atoms with van der Waals surface area (Å²) >= 11 is 0. The van der Waals surface area contributed by atoms with E-state index in [4.69, 9.17) is 4.74 Å². The van der Waals surface area contributed by atoms with Crippen molar-refractivity contribution in [1.29, 1.82) is 0 Å². The number of alkyl halides is 1. The lowest BCUT2D eigenvalue weighted by molar-refractivity contribution is 0.284. The van der Waals surface area contributed by atoms with E-state index in [2.05, 4.69) is 43.1 Å². The Bertz CT molecular complexity index is 683. The fourth-order valence-corrected chi connectivity index (χ4v) is 3.81. The molecule has 1 heterocycles. The van der Waals surface area contributed by atoms with Crippen molar-refractivity contribution in [3.05, 3.63) is 48.2 Å². The van der Waals surface area contributed by atoms with Crippen LogP contribution in [0.2, 0.25) is 0 Å². The smallest absolute Gasteiger partial charge is 0.119 e. The molecule has 1 unspecified atom stereocenters. The highest BCUT2D eigenvalue weighted by atomic mass is 19.1. The van der Waals surface area contributed by atoms with E-state index < -0.39 is 6.17 Å². The molecule has 0 spiro atoms. The summed E-state index contributed by atoms with van der Waals surface area (Å²) in [5.74, 6) is 0.926. The van der Waals surface area contributed by atoms with Crippen molar-refractivity contribution in [2.45, 2.75) is 103 Å². The maximum atomic E-state index is 13.8. The fraction of sp³-hybridized carbons (Fsp3) is 0.607. The van der Waals surface area contributed by atoms with Gasteiger partial charge in [0.2, 0.25) is 0 Å². The normalized spacial score (nSPS) is 12.1. The van der Waals surface area contributed by atoms with Gasteiger partial charge in [0.25, 0.3) is 0 Å². The Kier molecular flexibility index (Phi) is 13.0. The zero-order valence-electron chi connectivity index (χ0n) is 19.8. The van der Waals surface area contributed by atoms with Crippen molar-refractivity contribution in [3.63, 3.8) is 0 Å². The molecule has 0 amide bonds. The van der Waals surface area contributed by atoms with Crippen LogP contribution >= 0.6 is 0 Å². The zero-order chi connectivity index (χ0) is 22.2. The molecule has 0 aliphatic heterocycles. The molecule has 0 aliphatic carbocycles. The van der Waals surface area contributed by atoms with Crippen molar-refractivity contribution in [2.24, 2.45) is 0 Å². The van der Waals surface area contributed by atoms with Gasteiger partial charge in [-0.15, -0.1) is 0 Å². The zero-order valence-corrected chi connectivity index (χ0v) is 19.8. The monoisotopic (exact) mass is 427 g/mol. The maximum Gasteiger partial charge on any atom is 0.119 e. The second-order valence-corrected chi connectivity index (χ2v) is 8.68. The summed E-state index contributed by atoms with van der Waals surface area (Å²) in [7, 11) is 0. The lowest BCUT2D eigenvalue weighted by Crippen LogP contribution is -2.01. The molecule has 0 radical (unpaired) electrons. The van der Waals surface area contributed by atoms with E-state index in [1.54, 1.807) is 0 Å². The number of aryl methyl sites for hydroxylation is 1. The summed E-state index contributed by atoms with van der Waals surface area (Å²) < 4.78 is 19.6. The molecule has 0 N–H and O–H groups in total. The molecule has 0 fully saturated rings. The first-order chi connectivity index (χ1) is 15.2. The predicted octanol–water partition coefficient (Wildman–Crippen LogP) is 8.73. The molecule has 31 heavy (non-hydrogen) atoms. The van der Waals surface area contributed by atoms with Gasteiger partial charge in [-0.3, -0.25) is 4.98 Å². The van der Waals surface area contributed by atoms with Crippen molar-refractivity contribution in [2.75, 3.05) is 6.61 Å². The van der Waals surface area contributed by atoms with E-state index >= 15 is 0 Å². The Hall–Kier alpha value is -1.90. The molecular weight excluding hydrogens is 385 g/mol. The quantitative estimate of drug-likeness (QED) is 0.235. The highest BCUT2D eigenvalue weighted by Crippen LogP contribution is 2.22. The molecule has 172 valence electrons. The van der Waals surface area contributed by atoms with Crippen molar-refractivity contribution >= 4 is 0 Å². The minimum absolute atomic E-state index is 0.654. The third-order valence-electron chi connectivity index (χ3n) is 5.85. The van der Waals surface area contributed by atoms with Gasteiger partial charge in [-0.1, -0.05) is 71.3 Å². The number of hydrogen-bond acceptors (Lipinski definition) is 2. The Balaban J connectivity index is 1.67. The van der Waals surface area contributed by atoms with Gasteiger partial charge in [-0.2, -0.15) is 0 Å². The largest absolute Gasteiger partial charge is 0.494 e. The lowest BCUT2D eigenvalue weighted by atomic mass is 10.0. The van der Waals surface area contributed by atoms with E-state index in [9.17, 15) is 4.39 Å². The molecular formula is C28H42FNO. The van der Waals surface area contributed by atoms with Crippen LogP contribution in [0, 0.1) is 0 Å². The average molecular weight is 428 g/mol. The van der Waals surface area contributed by atoms with E-state index in [1.807, 2.05) is 18.3 Å². The molecule has 2 rings (SSSR count). The van der Waals surface area contributed by atoms with Crippen LogP contribution in [0.4, 0.5) is 4.39 Å². The third kappa shape index (κ3) is 10.8. The SMILES string of the molecule is CCCCCCCCCOc1ccc(-c2ccc(CCCC(F)CCCC)cn2)cc1. The Morgan fingerprint density at radius 3 is 2.13 bits per heavy atom. The van der Waals surface area contributed by atoms with Gasteiger partial charge in [0.15, 0.2) is 0 Å². The van der Waals surface area contributed by atoms with Gasteiger partial charge in [0.05, 0.1) is 12.3 Å². The summed E-state index contributed by atoms with van der Waals surface area (Å²) in [6.07, 6.45) is 15.5. The first-order valence-corrected chi connectivity index (χ1v) is 12.5. The minimum Gasteiger partial charge on any atom is -0.494 e. The Morgan fingerprint density at radius 2 is 1.45 bits per heavy atom. The van der Waals surface area contributed by atoms with Crippen LogP contribution in [-0.4, -0.2) is 17.8 Å². The molecule has 2 nitrogen and oxygen atoms in total. The van der Waals surface area contributed by atoms with Crippen LogP contribution in [0.1, 0.15) is 96.5 Å². The number of unbranched alkanes of at least 4 members (excludes halogenated alkanes) is 7. The standard InChI is InChI=1S/C28H42FNO/c1-3-5-7-8-9-10-11-22-31-27-19-17-25(18-20-27)28-21-16-24(23-30-28)13-12-15-26(29)14-6-4-2/h16-21,23,26H,3-15,22H2,1-2H3. The third-order valence-corrected chi connectivity index (χ3v) is 5.85. The van der Waals surface area contributed by atoms with Gasteiger partial charge < -0.3 is 4.74 Å². The van der Waals surface area contributed by atoms with Crippen molar-refractivity contribution in [1.82, 2.24) is 4.98 Å². The Morgan fingerprint density at radius 1 is 0.774 bits per heavy atom. The van der Waals surface area contributed by atoms with Crippen molar-refractivity contribution in [3.8, 4) is 17.0 Å². The first-order valence-electron chi connectivity index (χ1n) is 12.5. The molecule has 1 aromatic carbocycles. The fourth-order valence-electron chi connectivity index (χ4n) is 3.81. The first kappa shape index (κ1) is 25.4. The number of ether oxygens (including phenoxy) is 1. The van der Waals surface area contributed by atoms with Crippen LogP contribution in [-0.2, 0) is 6.42 Å². The van der Waals surface area contributed by atoms with Gasteiger partial charge in [-0.25, -0.2) is 4.39 Å². The number of nitrogens with zero attached hydrogens (tertiary/aromatic N) is 1. The second-order valence-electron chi connectivity index (χ2n) is 8.68. The van der Waals surface area contributed by atoms with Crippen LogP contribution in [0.25, 0.3) is 11.3 Å². The number of benzene rings is 1. The van der Waals surface area contributed by atoms with Crippen LogP contribution in [0.15, 0.2) is 42.6 Å². The molecule has 1 aromatic heterocycles. The molecule has 1 atom stereocenters. The van der Waals surface area contributed by atoms with Gasteiger partial charge in [0, 0.05) is 11.8 Å². The summed E-state index contributed by atoms with van der Waals surface area (Å²) in [6.45, 7) is 5.15.